The predicted octanol–water partition coefficient (Wildman–Crippen LogP) is 3.22. The minimum Gasteiger partial charge on any atom is -0.491 e. The summed E-state index contributed by atoms with van der Waals surface area (Å²) in [4.78, 5) is 20.3. The van der Waals surface area contributed by atoms with Crippen LogP contribution in [0.5, 0.6) is 17.2 Å². The largest absolute Gasteiger partial charge is 0.491 e. The van der Waals surface area contributed by atoms with E-state index in [1.807, 2.05) is 36.5 Å². The molecule has 1 atom stereocenters. The SMILES string of the molecule is O=C(N/N=C/c1c[nH]c2ccccc12)c1ccc(OCC(O)CN2CCN(Cc3ccc4c(c3)OCO4)CC2)cc1. The summed E-state index contributed by atoms with van der Waals surface area (Å²) < 4.78 is 16.7. The highest BCUT2D eigenvalue weighted by molar-refractivity contribution is 6.00. The number of fused-ring (bicyclic) bond motifs is 2. The van der Waals surface area contributed by atoms with Gasteiger partial charge in [-0.15, -0.1) is 0 Å². The van der Waals surface area contributed by atoms with Gasteiger partial charge in [-0.1, -0.05) is 24.3 Å². The van der Waals surface area contributed by atoms with Gasteiger partial charge in [-0.2, -0.15) is 5.10 Å². The molecular weight excluding hydrogens is 522 g/mol. The lowest BCUT2D eigenvalue weighted by molar-refractivity contribution is 0.0446. The zero-order chi connectivity index (χ0) is 28.0. The van der Waals surface area contributed by atoms with Crippen molar-refractivity contribution in [2.75, 3.05) is 46.1 Å². The van der Waals surface area contributed by atoms with Gasteiger partial charge in [0.2, 0.25) is 6.79 Å². The molecule has 212 valence electrons. The number of hydrogen-bond acceptors (Lipinski definition) is 8. The number of piperazine rings is 1. The topological polar surface area (TPSA) is 112 Å². The number of para-hydroxylation sites is 1. The molecule has 3 heterocycles. The van der Waals surface area contributed by atoms with Gasteiger partial charge >= 0.3 is 0 Å². The minimum atomic E-state index is -0.614. The van der Waals surface area contributed by atoms with Gasteiger partial charge in [-0.05, 0) is 48.0 Å². The van der Waals surface area contributed by atoms with Gasteiger partial charge in [-0.25, -0.2) is 5.43 Å². The number of aromatic nitrogens is 1. The lowest BCUT2D eigenvalue weighted by atomic mass is 10.1. The van der Waals surface area contributed by atoms with Gasteiger partial charge in [-0.3, -0.25) is 14.6 Å². The standard InChI is InChI=1S/C31H33N5O5/c37-25(19-36-13-11-35(12-14-36)18-22-5-10-29-30(15-22)41-21-40-29)20-39-26-8-6-23(7-9-26)31(38)34-33-17-24-16-32-28-4-2-1-3-27(24)28/h1-10,15-17,25,32,37H,11-14,18-21H2,(H,34,38)/b33-17+. The van der Waals surface area contributed by atoms with Crippen LogP contribution in [0.25, 0.3) is 10.9 Å². The second-order valence-corrected chi connectivity index (χ2v) is 10.2. The zero-order valence-electron chi connectivity index (χ0n) is 22.7. The van der Waals surface area contributed by atoms with Crippen molar-refractivity contribution in [3.05, 3.63) is 89.6 Å². The molecule has 6 rings (SSSR count). The van der Waals surface area contributed by atoms with Gasteiger partial charge < -0.3 is 24.3 Å². The molecule has 0 aliphatic carbocycles. The first-order valence-electron chi connectivity index (χ1n) is 13.7. The average Bonchev–Trinajstić information content (AvgIpc) is 3.64. The van der Waals surface area contributed by atoms with Crippen molar-refractivity contribution in [3.8, 4) is 17.2 Å². The normalized spacial score (nSPS) is 16.3. The smallest absolute Gasteiger partial charge is 0.271 e. The fraction of sp³-hybridized carbons (Fsp3) is 0.290. The van der Waals surface area contributed by atoms with Crippen LogP contribution in [0.15, 0.2) is 78.0 Å². The Labute approximate surface area is 238 Å². The number of ether oxygens (including phenoxy) is 3. The molecule has 0 bridgehead atoms. The quantitative estimate of drug-likeness (QED) is 0.204. The van der Waals surface area contributed by atoms with E-state index < -0.39 is 6.10 Å². The average molecular weight is 556 g/mol. The maximum absolute atomic E-state index is 12.5. The van der Waals surface area contributed by atoms with E-state index in [1.165, 1.54) is 5.56 Å². The molecule has 3 N–H and O–H groups in total. The number of aliphatic hydroxyl groups excluding tert-OH is 1. The molecule has 4 aromatic rings. The monoisotopic (exact) mass is 555 g/mol. The molecule has 2 aliphatic rings. The Hall–Kier alpha value is -4.38. The van der Waals surface area contributed by atoms with Crippen LogP contribution in [0.1, 0.15) is 21.5 Å². The number of aromatic amines is 1. The summed E-state index contributed by atoms with van der Waals surface area (Å²) in [6.07, 6.45) is 2.86. The molecule has 0 radical (unpaired) electrons. The van der Waals surface area contributed by atoms with E-state index in [2.05, 4.69) is 37.4 Å². The Morgan fingerprint density at radius 1 is 1.02 bits per heavy atom. The summed E-state index contributed by atoms with van der Waals surface area (Å²) in [7, 11) is 0. The number of aliphatic hydroxyl groups is 1. The molecular formula is C31H33N5O5. The number of H-pyrrole nitrogens is 1. The third-order valence-electron chi connectivity index (χ3n) is 7.33. The molecule has 41 heavy (non-hydrogen) atoms. The number of benzene rings is 3. The van der Waals surface area contributed by atoms with Crippen LogP contribution in [0, 0.1) is 0 Å². The third-order valence-corrected chi connectivity index (χ3v) is 7.33. The molecule has 0 saturated carbocycles. The zero-order valence-corrected chi connectivity index (χ0v) is 22.7. The van der Waals surface area contributed by atoms with Crippen molar-refractivity contribution >= 4 is 23.0 Å². The summed E-state index contributed by atoms with van der Waals surface area (Å²) in [5, 5.41) is 15.7. The number of rotatable bonds is 10. The Morgan fingerprint density at radius 2 is 1.80 bits per heavy atom. The van der Waals surface area contributed by atoms with Crippen molar-refractivity contribution in [2.45, 2.75) is 12.6 Å². The third kappa shape index (κ3) is 6.68. The molecule has 2 aliphatic heterocycles. The molecule has 1 amide bonds. The fourth-order valence-corrected chi connectivity index (χ4v) is 5.10. The Balaban J connectivity index is 0.904. The van der Waals surface area contributed by atoms with Crippen LogP contribution in [-0.4, -0.2) is 84.2 Å². The number of carbonyl (C=O) groups excluding carboxylic acids is 1. The first kappa shape index (κ1) is 26.8. The van der Waals surface area contributed by atoms with Gasteiger partial charge in [0.25, 0.3) is 5.91 Å². The molecule has 1 aromatic heterocycles. The predicted molar refractivity (Wildman–Crippen MR) is 156 cm³/mol. The van der Waals surface area contributed by atoms with Crippen LogP contribution in [0.3, 0.4) is 0 Å². The van der Waals surface area contributed by atoms with Crippen LogP contribution in [-0.2, 0) is 6.54 Å². The summed E-state index contributed by atoms with van der Waals surface area (Å²) in [6.45, 7) is 5.50. The lowest BCUT2D eigenvalue weighted by Crippen LogP contribution is -2.48. The van der Waals surface area contributed by atoms with Crippen LogP contribution in [0.2, 0.25) is 0 Å². The van der Waals surface area contributed by atoms with Crippen molar-refractivity contribution in [3.63, 3.8) is 0 Å². The molecule has 3 aromatic carbocycles. The van der Waals surface area contributed by atoms with E-state index in [0.29, 0.717) is 17.9 Å². The fourth-order valence-electron chi connectivity index (χ4n) is 5.10. The molecule has 1 unspecified atom stereocenters. The van der Waals surface area contributed by atoms with E-state index in [9.17, 15) is 9.90 Å². The van der Waals surface area contributed by atoms with E-state index >= 15 is 0 Å². The minimum absolute atomic E-state index is 0.178. The maximum Gasteiger partial charge on any atom is 0.271 e. The number of hydrazone groups is 1. The molecule has 10 heteroatoms. The van der Waals surface area contributed by atoms with Crippen molar-refractivity contribution in [2.24, 2.45) is 5.10 Å². The number of nitrogens with one attached hydrogen (secondary N) is 2. The van der Waals surface area contributed by atoms with Crippen molar-refractivity contribution in [1.82, 2.24) is 20.2 Å². The van der Waals surface area contributed by atoms with E-state index in [0.717, 1.165) is 60.7 Å². The lowest BCUT2D eigenvalue weighted by Gasteiger charge is -2.35. The highest BCUT2D eigenvalue weighted by Crippen LogP contribution is 2.32. The first-order chi connectivity index (χ1) is 20.1. The van der Waals surface area contributed by atoms with Crippen LogP contribution < -0.4 is 19.6 Å². The van der Waals surface area contributed by atoms with Crippen LogP contribution in [0.4, 0.5) is 0 Å². The van der Waals surface area contributed by atoms with Crippen LogP contribution >= 0.6 is 0 Å². The number of amides is 1. The summed E-state index contributed by atoms with van der Waals surface area (Å²) in [6, 6.07) is 20.8. The highest BCUT2D eigenvalue weighted by Gasteiger charge is 2.21. The number of carbonyl (C=O) groups is 1. The second kappa shape index (κ2) is 12.4. The van der Waals surface area contributed by atoms with Crippen molar-refractivity contribution < 1.29 is 24.1 Å². The number of β-amino-alcohol motifs (C(OH)–C–C–N with tert-alkyl or cyclic N) is 1. The number of nitrogens with zero attached hydrogens (tertiary/aromatic N) is 3. The Bertz CT molecular complexity index is 1510. The van der Waals surface area contributed by atoms with Gasteiger partial charge in [0.1, 0.15) is 18.5 Å². The molecule has 1 fully saturated rings. The maximum atomic E-state index is 12.5. The first-order valence-corrected chi connectivity index (χ1v) is 13.7. The molecule has 0 spiro atoms. The molecule has 10 nitrogen and oxygen atoms in total. The summed E-state index contributed by atoms with van der Waals surface area (Å²) >= 11 is 0. The van der Waals surface area contributed by atoms with E-state index in [4.69, 9.17) is 14.2 Å². The van der Waals surface area contributed by atoms with E-state index in [-0.39, 0.29) is 19.3 Å². The molecule has 1 saturated heterocycles. The van der Waals surface area contributed by atoms with Gasteiger partial charge in [0, 0.05) is 67.5 Å². The Morgan fingerprint density at radius 3 is 2.66 bits per heavy atom. The Kier molecular flexibility index (Phi) is 8.13. The highest BCUT2D eigenvalue weighted by atomic mass is 16.7. The number of hydrogen-bond donors (Lipinski definition) is 3. The van der Waals surface area contributed by atoms with Gasteiger partial charge in [0.05, 0.1) is 6.21 Å². The van der Waals surface area contributed by atoms with E-state index in [1.54, 1.807) is 30.5 Å². The van der Waals surface area contributed by atoms with Gasteiger partial charge in [0.15, 0.2) is 11.5 Å². The summed E-state index contributed by atoms with van der Waals surface area (Å²) in [5.74, 6) is 1.90. The summed E-state index contributed by atoms with van der Waals surface area (Å²) in [5.41, 5.74) is 6.14. The van der Waals surface area contributed by atoms with Crippen molar-refractivity contribution in [1.29, 1.82) is 0 Å². The second-order valence-electron chi connectivity index (χ2n) is 10.2.